The molecule has 0 spiro atoms. The number of amides is 1. The van der Waals surface area contributed by atoms with Crippen LogP contribution in [0.1, 0.15) is 19.8 Å². The minimum atomic E-state index is -0.0176. The number of nitrogens with zero attached hydrogens (tertiary/aromatic N) is 1. The second-order valence-electron chi connectivity index (χ2n) is 4.20. The number of carbonyl (C=O) groups is 1. The molecule has 0 aliphatic carbocycles. The average Bonchev–Trinajstić information content (AvgIpc) is 2.75. The fourth-order valence-electron chi connectivity index (χ4n) is 1.65. The van der Waals surface area contributed by atoms with Gasteiger partial charge in [-0.2, -0.15) is 5.10 Å². The number of aromatic nitrogens is 2. The van der Waals surface area contributed by atoms with Gasteiger partial charge in [0.2, 0.25) is 5.91 Å². The number of hydrogen-bond acceptors (Lipinski definition) is 3. The highest BCUT2D eigenvalue weighted by atomic mass is 16.1. The molecule has 4 N–H and O–H groups in total. The van der Waals surface area contributed by atoms with Crippen LogP contribution in [-0.4, -0.2) is 22.1 Å². The number of nitrogens with two attached hydrogens (primary N) is 1. The summed E-state index contributed by atoms with van der Waals surface area (Å²) in [4.78, 5) is 11.7. The van der Waals surface area contributed by atoms with Crippen LogP contribution < -0.4 is 11.1 Å². The van der Waals surface area contributed by atoms with Crippen molar-refractivity contribution in [3.8, 4) is 0 Å². The zero-order valence-electron chi connectivity index (χ0n) is 9.73. The second kappa shape index (κ2) is 4.97. The molecule has 0 fully saturated rings. The summed E-state index contributed by atoms with van der Waals surface area (Å²) in [7, 11) is 0. The van der Waals surface area contributed by atoms with Crippen LogP contribution in [-0.2, 0) is 4.79 Å². The Hall–Kier alpha value is -1.88. The number of H-pyrrole nitrogens is 1. The van der Waals surface area contributed by atoms with Crippen LogP contribution in [0.2, 0.25) is 0 Å². The summed E-state index contributed by atoms with van der Waals surface area (Å²) in [5.74, 6) is -0.0176. The van der Waals surface area contributed by atoms with E-state index in [-0.39, 0.29) is 11.9 Å². The second-order valence-corrected chi connectivity index (χ2v) is 4.20. The normalized spacial score (nSPS) is 12.6. The summed E-state index contributed by atoms with van der Waals surface area (Å²) in [6, 6.07) is 5.70. The number of aromatic amines is 1. The minimum absolute atomic E-state index is 0.0176. The predicted molar refractivity (Wildman–Crippen MR) is 67.6 cm³/mol. The number of fused-ring (bicyclic) bond motifs is 1. The van der Waals surface area contributed by atoms with Gasteiger partial charge in [-0.3, -0.25) is 9.89 Å². The number of carbonyl (C=O) groups excluding carboxylic acids is 1. The molecule has 1 unspecified atom stereocenters. The monoisotopic (exact) mass is 232 g/mol. The van der Waals surface area contributed by atoms with Gasteiger partial charge in [0.25, 0.3) is 0 Å². The quantitative estimate of drug-likeness (QED) is 0.749. The fraction of sp³-hybridized carbons (Fsp3) is 0.333. The van der Waals surface area contributed by atoms with Gasteiger partial charge in [-0.25, -0.2) is 0 Å². The maximum Gasteiger partial charge on any atom is 0.224 e. The summed E-state index contributed by atoms with van der Waals surface area (Å²) < 4.78 is 0. The number of benzene rings is 1. The van der Waals surface area contributed by atoms with Crippen molar-refractivity contribution in [3.63, 3.8) is 0 Å². The van der Waals surface area contributed by atoms with Crippen molar-refractivity contribution >= 4 is 22.5 Å². The third kappa shape index (κ3) is 2.82. The molecular formula is C12H16N4O. The minimum Gasteiger partial charge on any atom is -0.328 e. The molecule has 5 nitrogen and oxygen atoms in total. The first kappa shape index (κ1) is 11.6. The van der Waals surface area contributed by atoms with Crippen molar-refractivity contribution < 1.29 is 4.79 Å². The lowest BCUT2D eigenvalue weighted by Crippen LogP contribution is -2.19. The van der Waals surface area contributed by atoms with E-state index in [1.54, 1.807) is 6.20 Å². The topological polar surface area (TPSA) is 83.8 Å². The van der Waals surface area contributed by atoms with Crippen molar-refractivity contribution in [3.05, 3.63) is 24.4 Å². The highest BCUT2D eigenvalue weighted by molar-refractivity contribution is 6.00. The van der Waals surface area contributed by atoms with E-state index in [1.165, 1.54) is 0 Å². The zero-order chi connectivity index (χ0) is 12.3. The molecule has 1 atom stereocenters. The third-order valence-electron chi connectivity index (χ3n) is 2.59. The maximum atomic E-state index is 11.7. The van der Waals surface area contributed by atoms with Gasteiger partial charge in [0.15, 0.2) is 0 Å². The van der Waals surface area contributed by atoms with Crippen molar-refractivity contribution in [1.29, 1.82) is 0 Å². The van der Waals surface area contributed by atoms with Gasteiger partial charge in [-0.1, -0.05) is 6.07 Å². The highest BCUT2D eigenvalue weighted by Crippen LogP contribution is 2.21. The highest BCUT2D eigenvalue weighted by Gasteiger charge is 2.07. The van der Waals surface area contributed by atoms with Crippen LogP contribution in [0.3, 0.4) is 0 Å². The summed E-state index contributed by atoms with van der Waals surface area (Å²) >= 11 is 0. The number of nitrogens with one attached hydrogen (secondary N) is 2. The lowest BCUT2D eigenvalue weighted by molar-refractivity contribution is -0.116. The molecule has 1 amide bonds. The van der Waals surface area contributed by atoms with Crippen LogP contribution in [0.25, 0.3) is 10.9 Å². The lowest BCUT2D eigenvalue weighted by Gasteiger charge is -2.07. The van der Waals surface area contributed by atoms with Gasteiger partial charge >= 0.3 is 0 Å². The van der Waals surface area contributed by atoms with Gasteiger partial charge in [-0.15, -0.1) is 0 Å². The summed E-state index contributed by atoms with van der Waals surface area (Å²) in [5, 5.41) is 10.6. The molecule has 0 aliphatic rings. The van der Waals surface area contributed by atoms with E-state index in [1.807, 2.05) is 25.1 Å². The summed E-state index contributed by atoms with van der Waals surface area (Å²) in [6.45, 7) is 1.89. The van der Waals surface area contributed by atoms with Crippen molar-refractivity contribution in [2.45, 2.75) is 25.8 Å². The molecule has 5 heteroatoms. The number of hydrogen-bond donors (Lipinski definition) is 3. The van der Waals surface area contributed by atoms with E-state index in [2.05, 4.69) is 15.5 Å². The molecule has 2 rings (SSSR count). The Morgan fingerprint density at radius 2 is 2.41 bits per heavy atom. The van der Waals surface area contributed by atoms with Crippen molar-refractivity contribution in [1.82, 2.24) is 10.2 Å². The lowest BCUT2D eigenvalue weighted by atomic mass is 10.1. The van der Waals surface area contributed by atoms with Crippen molar-refractivity contribution in [2.75, 3.05) is 5.32 Å². The van der Waals surface area contributed by atoms with Crippen LogP contribution in [0.15, 0.2) is 24.4 Å². The standard InChI is InChI=1S/C12H16N4O/c1-8(13)5-6-12(17)15-10-3-2-4-11-9(10)7-14-16-11/h2-4,7-8H,5-6,13H2,1H3,(H,14,16)(H,15,17). The molecule has 0 aliphatic heterocycles. The maximum absolute atomic E-state index is 11.7. The first-order chi connectivity index (χ1) is 8.16. The molecule has 0 bridgehead atoms. The molecule has 90 valence electrons. The van der Waals surface area contributed by atoms with Gasteiger partial charge in [0.1, 0.15) is 0 Å². The SMILES string of the molecule is CC(N)CCC(=O)Nc1cccc2[nH]ncc12. The van der Waals surface area contributed by atoms with E-state index in [0.29, 0.717) is 12.8 Å². The van der Waals surface area contributed by atoms with E-state index in [0.717, 1.165) is 16.6 Å². The molecule has 1 heterocycles. The molecule has 0 saturated carbocycles. The Morgan fingerprint density at radius 3 is 3.18 bits per heavy atom. The first-order valence-electron chi connectivity index (χ1n) is 5.64. The van der Waals surface area contributed by atoms with Crippen LogP contribution >= 0.6 is 0 Å². The molecule has 2 aromatic rings. The Bertz CT molecular complexity index is 518. The molecule has 1 aromatic heterocycles. The Kier molecular flexibility index (Phi) is 3.39. The number of rotatable bonds is 4. The molecule has 17 heavy (non-hydrogen) atoms. The summed E-state index contributed by atoms with van der Waals surface area (Å²) in [6.07, 6.45) is 2.83. The Morgan fingerprint density at radius 1 is 1.59 bits per heavy atom. The van der Waals surface area contributed by atoms with Crippen molar-refractivity contribution in [2.24, 2.45) is 5.73 Å². The number of anilines is 1. The molecular weight excluding hydrogens is 216 g/mol. The van der Waals surface area contributed by atoms with E-state index in [4.69, 9.17) is 5.73 Å². The smallest absolute Gasteiger partial charge is 0.224 e. The first-order valence-corrected chi connectivity index (χ1v) is 5.64. The third-order valence-corrected chi connectivity index (χ3v) is 2.59. The molecule has 1 aromatic carbocycles. The van der Waals surface area contributed by atoms with E-state index in [9.17, 15) is 4.79 Å². The summed E-state index contributed by atoms with van der Waals surface area (Å²) in [5.41, 5.74) is 7.31. The Labute approximate surface area is 99.4 Å². The average molecular weight is 232 g/mol. The van der Waals surface area contributed by atoms with E-state index >= 15 is 0 Å². The Balaban J connectivity index is 2.08. The van der Waals surface area contributed by atoms with Gasteiger partial charge in [0.05, 0.1) is 17.4 Å². The van der Waals surface area contributed by atoms with Crippen LogP contribution in [0.4, 0.5) is 5.69 Å². The van der Waals surface area contributed by atoms with Gasteiger partial charge in [-0.05, 0) is 25.5 Å². The fourth-order valence-corrected chi connectivity index (χ4v) is 1.65. The van der Waals surface area contributed by atoms with Gasteiger partial charge < -0.3 is 11.1 Å². The largest absolute Gasteiger partial charge is 0.328 e. The van der Waals surface area contributed by atoms with Crippen LogP contribution in [0, 0.1) is 0 Å². The predicted octanol–water partition coefficient (Wildman–Crippen LogP) is 1.63. The van der Waals surface area contributed by atoms with Crippen LogP contribution in [0.5, 0.6) is 0 Å². The van der Waals surface area contributed by atoms with E-state index < -0.39 is 0 Å². The molecule has 0 radical (unpaired) electrons. The zero-order valence-corrected chi connectivity index (χ0v) is 9.73. The van der Waals surface area contributed by atoms with Gasteiger partial charge in [0, 0.05) is 17.8 Å². The molecule has 0 saturated heterocycles.